The molecule has 1 aromatic heterocycles. The van der Waals surface area contributed by atoms with Gasteiger partial charge in [0, 0.05) is 30.5 Å². The number of benzene rings is 1. The molecular weight excluding hydrogens is 290 g/mol. The van der Waals surface area contributed by atoms with Crippen molar-refractivity contribution in [3.05, 3.63) is 36.2 Å². The van der Waals surface area contributed by atoms with E-state index >= 15 is 0 Å². The van der Waals surface area contributed by atoms with Gasteiger partial charge in [0.1, 0.15) is 0 Å². The van der Waals surface area contributed by atoms with E-state index in [0.717, 1.165) is 43.7 Å². The van der Waals surface area contributed by atoms with E-state index in [2.05, 4.69) is 10.1 Å². The highest BCUT2D eigenvalue weighted by molar-refractivity contribution is 5.79. The summed E-state index contributed by atoms with van der Waals surface area (Å²) >= 11 is 0. The van der Waals surface area contributed by atoms with Crippen LogP contribution in [0.2, 0.25) is 0 Å². The van der Waals surface area contributed by atoms with Crippen LogP contribution >= 0.6 is 0 Å². The fourth-order valence-corrected chi connectivity index (χ4v) is 3.70. The Balaban J connectivity index is 1.44. The molecule has 0 spiro atoms. The van der Waals surface area contributed by atoms with Gasteiger partial charge in [0.05, 0.1) is 0 Å². The Hall–Kier alpha value is -2.17. The Kier molecular flexibility index (Phi) is 3.85. The largest absolute Gasteiger partial charge is 0.342 e. The van der Waals surface area contributed by atoms with Gasteiger partial charge in [-0.05, 0) is 31.4 Å². The van der Waals surface area contributed by atoms with E-state index in [-0.39, 0.29) is 11.8 Å². The normalized spacial score (nSPS) is 21.9. The molecule has 1 atom stereocenters. The predicted molar refractivity (Wildman–Crippen MR) is 85.6 cm³/mol. The maximum absolute atomic E-state index is 12.5. The van der Waals surface area contributed by atoms with Crippen molar-refractivity contribution in [3.63, 3.8) is 0 Å². The van der Waals surface area contributed by atoms with E-state index in [1.807, 2.05) is 35.2 Å². The van der Waals surface area contributed by atoms with Gasteiger partial charge in [0.2, 0.25) is 5.91 Å². The number of likely N-dealkylation sites (tertiary alicyclic amines) is 1. The number of hydrogen-bond donors (Lipinski definition) is 0. The van der Waals surface area contributed by atoms with Crippen LogP contribution < -0.4 is 0 Å². The first kappa shape index (κ1) is 14.4. The van der Waals surface area contributed by atoms with Crippen LogP contribution in [0.25, 0.3) is 11.5 Å². The second-order valence-corrected chi connectivity index (χ2v) is 6.57. The smallest absolute Gasteiger partial charge is 0.257 e. The first-order valence-corrected chi connectivity index (χ1v) is 8.49. The number of carbonyl (C=O) groups excluding carboxylic acids is 1. The fraction of sp³-hybridized carbons (Fsp3) is 0.500. The lowest BCUT2D eigenvalue weighted by Gasteiger charge is -2.19. The molecular formula is C18H21N3O2. The number of hydrogen-bond acceptors (Lipinski definition) is 4. The first-order chi connectivity index (χ1) is 11.3. The molecule has 2 fully saturated rings. The third kappa shape index (κ3) is 2.87. The Labute approximate surface area is 135 Å². The minimum atomic E-state index is 0.196. The van der Waals surface area contributed by atoms with Gasteiger partial charge in [0.25, 0.3) is 5.89 Å². The summed E-state index contributed by atoms with van der Waals surface area (Å²) in [7, 11) is 0. The van der Waals surface area contributed by atoms with Crippen molar-refractivity contribution in [3.8, 4) is 11.5 Å². The fourth-order valence-electron chi connectivity index (χ4n) is 3.70. The van der Waals surface area contributed by atoms with Crippen LogP contribution in [-0.2, 0) is 4.79 Å². The molecule has 2 aliphatic rings. The second kappa shape index (κ2) is 6.14. The predicted octanol–water partition coefficient (Wildman–Crippen LogP) is 3.24. The Morgan fingerprint density at radius 3 is 2.70 bits per heavy atom. The summed E-state index contributed by atoms with van der Waals surface area (Å²) in [5.74, 6) is 2.06. The summed E-state index contributed by atoms with van der Waals surface area (Å²) in [5, 5.41) is 4.14. The van der Waals surface area contributed by atoms with Gasteiger partial charge in [-0.15, -0.1) is 0 Å². The summed E-state index contributed by atoms with van der Waals surface area (Å²) < 4.78 is 5.39. The lowest BCUT2D eigenvalue weighted by atomic mass is 10.1. The number of amides is 1. The van der Waals surface area contributed by atoms with Crippen molar-refractivity contribution in [2.24, 2.45) is 5.92 Å². The molecule has 0 bridgehead atoms. The lowest BCUT2D eigenvalue weighted by molar-refractivity contribution is -0.134. The molecule has 0 radical (unpaired) electrons. The van der Waals surface area contributed by atoms with Crippen LogP contribution in [0.3, 0.4) is 0 Å². The quantitative estimate of drug-likeness (QED) is 0.873. The molecule has 5 nitrogen and oxygen atoms in total. The summed E-state index contributed by atoms with van der Waals surface area (Å²) in [6.07, 6.45) is 5.42. The van der Waals surface area contributed by atoms with Crippen LogP contribution in [0, 0.1) is 5.92 Å². The highest BCUT2D eigenvalue weighted by Gasteiger charge is 2.34. The Morgan fingerprint density at radius 1 is 1.13 bits per heavy atom. The molecule has 2 aromatic rings. The molecule has 1 unspecified atom stereocenters. The van der Waals surface area contributed by atoms with Crippen LogP contribution in [-0.4, -0.2) is 34.0 Å². The average molecular weight is 311 g/mol. The molecule has 1 amide bonds. The monoisotopic (exact) mass is 311 g/mol. The number of rotatable bonds is 3. The van der Waals surface area contributed by atoms with Gasteiger partial charge in [-0.25, -0.2) is 0 Å². The van der Waals surface area contributed by atoms with Crippen molar-refractivity contribution in [1.29, 1.82) is 0 Å². The zero-order valence-electron chi connectivity index (χ0n) is 13.1. The molecule has 23 heavy (non-hydrogen) atoms. The molecule has 1 aromatic carbocycles. The van der Waals surface area contributed by atoms with E-state index in [1.54, 1.807) is 0 Å². The third-order valence-corrected chi connectivity index (χ3v) is 5.03. The van der Waals surface area contributed by atoms with Gasteiger partial charge < -0.3 is 9.42 Å². The highest BCUT2D eigenvalue weighted by Crippen LogP contribution is 2.32. The summed E-state index contributed by atoms with van der Waals surface area (Å²) in [6.45, 7) is 1.54. The van der Waals surface area contributed by atoms with Gasteiger partial charge in [-0.1, -0.05) is 36.2 Å². The topological polar surface area (TPSA) is 59.2 Å². The molecule has 0 N–H and O–H groups in total. The maximum atomic E-state index is 12.5. The van der Waals surface area contributed by atoms with Crippen molar-refractivity contribution in [1.82, 2.24) is 15.0 Å². The highest BCUT2D eigenvalue weighted by atomic mass is 16.5. The summed E-state index contributed by atoms with van der Waals surface area (Å²) in [5.41, 5.74) is 0.933. The zero-order valence-corrected chi connectivity index (χ0v) is 13.1. The van der Waals surface area contributed by atoms with E-state index in [1.165, 1.54) is 12.8 Å². The first-order valence-electron chi connectivity index (χ1n) is 8.49. The maximum Gasteiger partial charge on any atom is 0.257 e. The molecule has 1 aliphatic carbocycles. The molecule has 1 saturated heterocycles. The van der Waals surface area contributed by atoms with Crippen LogP contribution in [0.1, 0.15) is 43.8 Å². The van der Waals surface area contributed by atoms with Gasteiger partial charge in [0.15, 0.2) is 5.82 Å². The van der Waals surface area contributed by atoms with Crippen LogP contribution in [0.4, 0.5) is 0 Å². The van der Waals surface area contributed by atoms with Crippen molar-refractivity contribution in [2.45, 2.75) is 38.0 Å². The second-order valence-electron chi connectivity index (χ2n) is 6.57. The van der Waals surface area contributed by atoms with E-state index in [0.29, 0.717) is 11.8 Å². The molecule has 120 valence electrons. The van der Waals surface area contributed by atoms with Crippen LogP contribution in [0.5, 0.6) is 0 Å². The minimum Gasteiger partial charge on any atom is -0.342 e. The average Bonchev–Trinajstić information content (AvgIpc) is 3.35. The van der Waals surface area contributed by atoms with Gasteiger partial charge in [-0.3, -0.25) is 4.79 Å². The Morgan fingerprint density at radius 2 is 1.91 bits per heavy atom. The number of aromatic nitrogens is 2. The van der Waals surface area contributed by atoms with Crippen molar-refractivity contribution >= 4 is 5.91 Å². The number of nitrogens with zero attached hydrogens (tertiary/aromatic N) is 3. The summed E-state index contributed by atoms with van der Waals surface area (Å²) in [4.78, 5) is 19.1. The molecule has 4 rings (SSSR count). The SMILES string of the molecule is O=C(C1CCCC1)N1CCC(c2noc(-c3ccccc3)n2)C1. The van der Waals surface area contributed by atoms with Gasteiger partial charge in [-0.2, -0.15) is 4.98 Å². The molecule has 1 saturated carbocycles. The van der Waals surface area contributed by atoms with Crippen molar-refractivity contribution < 1.29 is 9.32 Å². The zero-order chi connectivity index (χ0) is 15.6. The molecule has 1 aliphatic heterocycles. The third-order valence-electron chi connectivity index (χ3n) is 5.03. The summed E-state index contributed by atoms with van der Waals surface area (Å²) in [6, 6.07) is 9.79. The van der Waals surface area contributed by atoms with Crippen molar-refractivity contribution in [2.75, 3.05) is 13.1 Å². The molecule has 2 heterocycles. The van der Waals surface area contributed by atoms with E-state index in [4.69, 9.17) is 4.52 Å². The molecule has 5 heteroatoms. The van der Waals surface area contributed by atoms with E-state index in [9.17, 15) is 4.79 Å². The van der Waals surface area contributed by atoms with Gasteiger partial charge >= 0.3 is 0 Å². The number of carbonyl (C=O) groups is 1. The standard InChI is InChI=1S/C18H21N3O2/c22-18(14-8-4-5-9-14)21-11-10-15(12-21)16-19-17(23-20-16)13-6-2-1-3-7-13/h1-3,6-7,14-15H,4-5,8-12H2. The lowest BCUT2D eigenvalue weighted by Crippen LogP contribution is -2.33. The van der Waals surface area contributed by atoms with E-state index < -0.39 is 0 Å². The Bertz CT molecular complexity index is 677. The minimum absolute atomic E-state index is 0.196. The van der Waals surface area contributed by atoms with Crippen LogP contribution in [0.15, 0.2) is 34.9 Å².